The minimum Gasteiger partial charge on any atom is -0.324 e. The van der Waals surface area contributed by atoms with Gasteiger partial charge in [-0.15, -0.1) is 17.9 Å². The van der Waals surface area contributed by atoms with Gasteiger partial charge in [-0.05, 0) is 6.07 Å². The lowest BCUT2D eigenvalue weighted by Crippen LogP contribution is -2.39. The van der Waals surface area contributed by atoms with Gasteiger partial charge in [-0.2, -0.15) is 13.2 Å². The molecule has 1 amide bonds. The number of thiazole rings is 1. The van der Waals surface area contributed by atoms with Crippen LogP contribution in [0.4, 0.5) is 13.2 Å². The average molecular weight is 328 g/mol. The molecule has 2 rings (SSSR count). The summed E-state index contributed by atoms with van der Waals surface area (Å²) in [5.41, 5.74) is -0.0708. The summed E-state index contributed by atoms with van der Waals surface area (Å²) in [6.45, 7) is 1.79. The number of carbonyl (C=O) groups excluding carboxylic acids is 1. The van der Waals surface area contributed by atoms with Crippen molar-refractivity contribution in [2.45, 2.75) is 6.18 Å². The van der Waals surface area contributed by atoms with Crippen LogP contribution in [-0.2, 0) is 0 Å². The second-order valence-corrected chi connectivity index (χ2v) is 5.06. The number of amides is 1. The lowest BCUT2D eigenvalue weighted by Gasteiger charge is -2.21. The van der Waals surface area contributed by atoms with Gasteiger partial charge in [0.25, 0.3) is 5.91 Å². The highest BCUT2D eigenvalue weighted by molar-refractivity contribution is 7.13. The van der Waals surface area contributed by atoms with Gasteiger partial charge in [-0.1, -0.05) is 6.08 Å². The lowest BCUT2D eigenvalue weighted by atomic mass is 10.3. The van der Waals surface area contributed by atoms with Crippen molar-refractivity contribution in [1.82, 2.24) is 19.9 Å². The first kappa shape index (κ1) is 16.1. The van der Waals surface area contributed by atoms with E-state index in [-0.39, 0.29) is 12.2 Å². The van der Waals surface area contributed by atoms with E-state index >= 15 is 0 Å². The number of nitrogens with zero attached hydrogens (tertiary/aromatic N) is 4. The van der Waals surface area contributed by atoms with Gasteiger partial charge in [0, 0.05) is 24.3 Å². The predicted octanol–water partition coefficient (Wildman–Crippen LogP) is 2.79. The Bertz CT molecular complexity index is 657. The van der Waals surface area contributed by atoms with Crippen molar-refractivity contribution >= 4 is 17.2 Å². The Morgan fingerprint density at radius 1 is 1.36 bits per heavy atom. The molecule has 0 fully saturated rings. The Kier molecular flexibility index (Phi) is 4.86. The molecule has 0 saturated carbocycles. The number of aromatic nitrogens is 3. The Morgan fingerprint density at radius 2 is 2.05 bits per heavy atom. The summed E-state index contributed by atoms with van der Waals surface area (Å²) >= 11 is 1.09. The molecule has 2 aromatic rings. The lowest BCUT2D eigenvalue weighted by molar-refractivity contribution is -0.139. The molecule has 0 aliphatic heterocycles. The van der Waals surface area contributed by atoms with E-state index in [1.165, 1.54) is 23.8 Å². The van der Waals surface area contributed by atoms with E-state index in [9.17, 15) is 18.0 Å². The Morgan fingerprint density at radius 3 is 2.64 bits per heavy atom. The summed E-state index contributed by atoms with van der Waals surface area (Å²) in [6, 6.07) is 1.62. The summed E-state index contributed by atoms with van der Waals surface area (Å²) in [5, 5.41) is 1.76. The van der Waals surface area contributed by atoms with Gasteiger partial charge in [-0.25, -0.2) is 15.0 Å². The molecule has 0 spiro atoms. The van der Waals surface area contributed by atoms with Gasteiger partial charge in [0.15, 0.2) is 10.8 Å². The highest BCUT2D eigenvalue weighted by Gasteiger charge is 2.33. The van der Waals surface area contributed by atoms with Crippen molar-refractivity contribution in [2.75, 3.05) is 13.1 Å². The summed E-state index contributed by atoms with van der Waals surface area (Å²) in [7, 11) is 0. The third kappa shape index (κ3) is 4.10. The van der Waals surface area contributed by atoms with Crippen molar-refractivity contribution in [3.05, 3.63) is 42.2 Å². The van der Waals surface area contributed by atoms with E-state index in [2.05, 4.69) is 21.5 Å². The van der Waals surface area contributed by atoms with Crippen LogP contribution < -0.4 is 0 Å². The van der Waals surface area contributed by atoms with Crippen LogP contribution in [0.3, 0.4) is 0 Å². The molecule has 22 heavy (non-hydrogen) atoms. The Labute approximate surface area is 128 Å². The fourth-order valence-electron chi connectivity index (χ4n) is 1.64. The van der Waals surface area contributed by atoms with E-state index in [0.717, 1.165) is 11.3 Å². The summed E-state index contributed by atoms with van der Waals surface area (Å²) < 4.78 is 37.5. The molecule has 0 aromatic carbocycles. The number of hydrogen-bond acceptors (Lipinski definition) is 5. The smallest absolute Gasteiger partial charge is 0.324 e. The van der Waals surface area contributed by atoms with Crippen LogP contribution in [0.25, 0.3) is 10.8 Å². The van der Waals surface area contributed by atoms with E-state index < -0.39 is 18.6 Å². The summed E-state index contributed by atoms with van der Waals surface area (Å²) in [6.07, 6.45) is -0.227. The van der Waals surface area contributed by atoms with Gasteiger partial charge in [0.2, 0.25) is 0 Å². The minimum atomic E-state index is -4.49. The van der Waals surface area contributed by atoms with E-state index in [4.69, 9.17) is 0 Å². The average Bonchev–Trinajstić information content (AvgIpc) is 2.95. The fraction of sp³-hybridized carbons (Fsp3) is 0.231. The standard InChI is InChI=1S/C13H11F3N4OS/c1-2-6-20(8-13(14,15)16)12(21)9-7-22-11(19-9)10-17-4-3-5-18-10/h2-5,7H,1,6,8H2. The first-order valence-corrected chi connectivity index (χ1v) is 6.98. The molecule has 0 bridgehead atoms. The van der Waals surface area contributed by atoms with Crippen molar-refractivity contribution in [3.8, 4) is 10.8 Å². The third-order valence-corrected chi connectivity index (χ3v) is 3.33. The highest BCUT2D eigenvalue weighted by atomic mass is 32.1. The van der Waals surface area contributed by atoms with Crippen LogP contribution in [0, 0.1) is 0 Å². The molecule has 0 atom stereocenters. The van der Waals surface area contributed by atoms with Gasteiger partial charge < -0.3 is 4.90 Å². The summed E-state index contributed by atoms with van der Waals surface area (Å²) in [4.78, 5) is 24.7. The van der Waals surface area contributed by atoms with Crippen molar-refractivity contribution < 1.29 is 18.0 Å². The molecule has 116 valence electrons. The third-order valence-electron chi connectivity index (χ3n) is 2.49. The van der Waals surface area contributed by atoms with Crippen LogP contribution in [0.15, 0.2) is 36.5 Å². The van der Waals surface area contributed by atoms with E-state index in [1.54, 1.807) is 6.07 Å². The van der Waals surface area contributed by atoms with E-state index in [0.29, 0.717) is 15.7 Å². The largest absolute Gasteiger partial charge is 0.406 e. The maximum atomic E-state index is 12.5. The second kappa shape index (κ2) is 6.65. The van der Waals surface area contributed by atoms with Gasteiger partial charge in [0.1, 0.15) is 12.2 Å². The molecular weight excluding hydrogens is 317 g/mol. The zero-order valence-electron chi connectivity index (χ0n) is 11.2. The molecule has 0 saturated heterocycles. The number of hydrogen-bond donors (Lipinski definition) is 0. The minimum absolute atomic E-state index is 0.0708. The van der Waals surface area contributed by atoms with Crippen molar-refractivity contribution in [1.29, 1.82) is 0 Å². The summed E-state index contributed by atoms with van der Waals surface area (Å²) in [5.74, 6) is -0.492. The zero-order valence-corrected chi connectivity index (χ0v) is 12.1. The Balaban J connectivity index is 2.21. The molecular formula is C13H11F3N4OS. The molecule has 9 heteroatoms. The van der Waals surface area contributed by atoms with Crippen LogP contribution >= 0.6 is 11.3 Å². The molecule has 5 nitrogen and oxygen atoms in total. The number of halogens is 3. The number of carbonyl (C=O) groups is 1. The van der Waals surface area contributed by atoms with Gasteiger partial charge in [0.05, 0.1) is 0 Å². The first-order chi connectivity index (χ1) is 10.4. The zero-order chi connectivity index (χ0) is 16.2. The first-order valence-electron chi connectivity index (χ1n) is 6.10. The fourth-order valence-corrected chi connectivity index (χ4v) is 2.38. The normalized spacial score (nSPS) is 11.2. The quantitative estimate of drug-likeness (QED) is 0.792. The maximum Gasteiger partial charge on any atom is 0.406 e. The van der Waals surface area contributed by atoms with Gasteiger partial charge in [-0.3, -0.25) is 4.79 Å². The second-order valence-electron chi connectivity index (χ2n) is 4.20. The number of alkyl halides is 3. The molecule has 2 aromatic heterocycles. The number of rotatable bonds is 5. The van der Waals surface area contributed by atoms with Crippen LogP contribution in [-0.4, -0.2) is 45.0 Å². The van der Waals surface area contributed by atoms with Crippen molar-refractivity contribution in [3.63, 3.8) is 0 Å². The Hall–Kier alpha value is -2.29. The van der Waals surface area contributed by atoms with Crippen LogP contribution in [0.5, 0.6) is 0 Å². The predicted molar refractivity (Wildman–Crippen MR) is 75.3 cm³/mol. The van der Waals surface area contributed by atoms with Gasteiger partial charge >= 0.3 is 6.18 Å². The highest BCUT2D eigenvalue weighted by Crippen LogP contribution is 2.22. The molecule has 0 N–H and O–H groups in total. The molecule has 0 aliphatic carbocycles. The van der Waals surface area contributed by atoms with Crippen LogP contribution in [0.1, 0.15) is 10.5 Å². The molecule has 0 aliphatic rings. The molecule has 0 radical (unpaired) electrons. The van der Waals surface area contributed by atoms with Crippen LogP contribution in [0.2, 0.25) is 0 Å². The van der Waals surface area contributed by atoms with Crippen molar-refractivity contribution in [2.24, 2.45) is 0 Å². The maximum absolute atomic E-state index is 12.5. The SMILES string of the molecule is C=CCN(CC(F)(F)F)C(=O)c1csc(-c2ncccn2)n1. The molecule has 0 unspecified atom stereocenters. The van der Waals surface area contributed by atoms with E-state index in [1.807, 2.05) is 0 Å². The molecule has 2 heterocycles. The topological polar surface area (TPSA) is 59.0 Å². The monoisotopic (exact) mass is 328 g/mol.